The third-order valence-electron chi connectivity index (χ3n) is 3.03. The quantitative estimate of drug-likeness (QED) is 0.706. The van der Waals surface area contributed by atoms with Gasteiger partial charge in [-0.15, -0.1) is 0 Å². The summed E-state index contributed by atoms with van der Waals surface area (Å²) < 4.78 is 0. The van der Waals surface area contributed by atoms with Crippen LogP contribution >= 0.6 is 0 Å². The van der Waals surface area contributed by atoms with Crippen LogP contribution in [0.4, 0.5) is 0 Å². The summed E-state index contributed by atoms with van der Waals surface area (Å²) in [6.07, 6.45) is 3.30. The second kappa shape index (κ2) is 5.10. The maximum Gasteiger partial charge on any atom is 0.0623 e. The lowest BCUT2D eigenvalue weighted by molar-refractivity contribution is 0.0915. The van der Waals surface area contributed by atoms with Crippen molar-refractivity contribution in [2.24, 2.45) is 11.7 Å². The molecule has 0 aromatic heterocycles. The van der Waals surface area contributed by atoms with E-state index in [4.69, 9.17) is 5.73 Å². The van der Waals surface area contributed by atoms with Crippen LogP contribution in [-0.4, -0.2) is 41.8 Å². The Morgan fingerprint density at radius 1 is 1.50 bits per heavy atom. The highest BCUT2D eigenvalue weighted by Gasteiger charge is 2.30. The first-order chi connectivity index (χ1) is 6.56. The van der Waals surface area contributed by atoms with Gasteiger partial charge in [0.2, 0.25) is 0 Å². The zero-order valence-corrected chi connectivity index (χ0v) is 9.50. The van der Waals surface area contributed by atoms with Gasteiger partial charge in [-0.3, -0.25) is 0 Å². The molecular weight excluding hydrogens is 176 g/mol. The average Bonchev–Trinajstić information content (AvgIpc) is 2.15. The Morgan fingerprint density at radius 3 is 2.79 bits per heavy atom. The fourth-order valence-corrected chi connectivity index (χ4v) is 2.02. The minimum Gasteiger partial charge on any atom is -0.394 e. The number of likely N-dealkylation sites (tertiary alicyclic amines) is 1. The molecule has 3 nitrogen and oxygen atoms in total. The molecule has 0 aromatic rings. The highest BCUT2D eigenvalue weighted by Crippen LogP contribution is 2.18. The van der Waals surface area contributed by atoms with E-state index < -0.39 is 0 Å². The summed E-state index contributed by atoms with van der Waals surface area (Å²) in [4.78, 5) is 2.39. The first-order valence-electron chi connectivity index (χ1n) is 5.68. The molecule has 1 atom stereocenters. The van der Waals surface area contributed by atoms with Gasteiger partial charge in [0.05, 0.1) is 12.1 Å². The van der Waals surface area contributed by atoms with E-state index in [0.29, 0.717) is 0 Å². The Hall–Kier alpha value is -0.120. The molecule has 1 fully saturated rings. The maximum atomic E-state index is 9.19. The van der Waals surface area contributed by atoms with Crippen molar-refractivity contribution in [3.63, 3.8) is 0 Å². The highest BCUT2D eigenvalue weighted by atomic mass is 16.3. The van der Waals surface area contributed by atoms with Crippen molar-refractivity contribution in [3.05, 3.63) is 0 Å². The summed E-state index contributed by atoms with van der Waals surface area (Å²) in [7, 11) is 0. The highest BCUT2D eigenvalue weighted by molar-refractivity contribution is 4.90. The number of nitrogens with two attached hydrogens (primary N) is 1. The Balaban J connectivity index is 2.33. The first kappa shape index (κ1) is 12.0. The summed E-state index contributed by atoms with van der Waals surface area (Å²) in [6, 6.07) is 0. The molecule has 0 saturated carbocycles. The zero-order valence-electron chi connectivity index (χ0n) is 9.50. The molecule has 1 unspecified atom stereocenters. The van der Waals surface area contributed by atoms with Crippen molar-refractivity contribution >= 4 is 0 Å². The van der Waals surface area contributed by atoms with Gasteiger partial charge in [0.25, 0.3) is 0 Å². The number of piperidine rings is 1. The molecule has 1 aliphatic rings. The molecule has 0 aromatic carbocycles. The van der Waals surface area contributed by atoms with Crippen molar-refractivity contribution in [2.45, 2.75) is 38.6 Å². The second-order valence-corrected chi connectivity index (χ2v) is 5.08. The van der Waals surface area contributed by atoms with Crippen LogP contribution in [0.2, 0.25) is 0 Å². The minimum atomic E-state index is -0.338. The Morgan fingerprint density at radius 2 is 2.21 bits per heavy atom. The van der Waals surface area contributed by atoms with Gasteiger partial charge < -0.3 is 15.7 Å². The molecule has 1 heterocycles. The van der Waals surface area contributed by atoms with Crippen LogP contribution in [0.15, 0.2) is 0 Å². The van der Waals surface area contributed by atoms with Gasteiger partial charge in [0, 0.05) is 6.54 Å². The lowest BCUT2D eigenvalue weighted by atomic mass is 9.91. The number of hydrogen-bond donors (Lipinski definition) is 2. The number of aliphatic hydroxyl groups excluding tert-OH is 1. The normalized spacial score (nSPS) is 29.8. The second-order valence-electron chi connectivity index (χ2n) is 5.08. The van der Waals surface area contributed by atoms with Gasteiger partial charge in [-0.1, -0.05) is 13.8 Å². The predicted octanol–water partition coefficient (Wildman–Crippen LogP) is 0.818. The number of aliphatic hydroxyl groups is 1. The van der Waals surface area contributed by atoms with Gasteiger partial charge in [0.15, 0.2) is 0 Å². The fourth-order valence-electron chi connectivity index (χ4n) is 2.02. The van der Waals surface area contributed by atoms with Crippen molar-refractivity contribution in [3.8, 4) is 0 Å². The van der Waals surface area contributed by atoms with Crippen LogP contribution in [0.1, 0.15) is 33.1 Å². The summed E-state index contributed by atoms with van der Waals surface area (Å²) >= 11 is 0. The topological polar surface area (TPSA) is 49.5 Å². The molecule has 0 bridgehead atoms. The molecule has 1 saturated heterocycles. The lowest BCUT2D eigenvalue weighted by Gasteiger charge is -2.39. The summed E-state index contributed by atoms with van der Waals surface area (Å²) in [6.45, 7) is 7.72. The van der Waals surface area contributed by atoms with E-state index in [2.05, 4.69) is 18.7 Å². The van der Waals surface area contributed by atoms with Crippen LogP contribution in [0.25, 0.3) is 0 Å². The van der Waals surface area contributed by atoms with Crippen molar-refractivity contribution < 1.29 is 5.11 Å². The monoisotopic (exact) mass is 200 g/mol. The van der Waals surface area contributed by atoms with Gasteiger partial charge >= 0.3 is 0 Å². The molecule has 3 N–H and O–H groups in total. The summed E-state index contributed by atoms with van der Waals surface area (Å²) in [5, 5.41) is 9.19. The van der Waals surface area contributed by atoms with E-state index in [1.54, 1.807) is 0 Å². The zero-order chi connectivity index (χ0) is 10.6. The number of rotatable bonds is 4. The number of hydrogen-bond acceptors (Lipinski definition) is 3. The molecule has 0 amide bonds. The molecule has 1 aliphatic heterocycles. The Bertz CT molecular complexity index is 173. The summed E-state index contributed by atoms with van der Waals surface area (Å²) in [5.41, 5.74) is 5.73. The lowest BCUT2D eigenvalue weighted by Crippen LogP contribution is -2.56. The molecule has 0 spiro atoms. The standard InChI is InChI=1S/C11H24N2O/c1-10(2)4-7-13-6-3-5-11(12,8-13)9-14/h10,14H,3-9,12H2,1-2H3. The van der Waals surface area contributed by atoms with Crippen molar-refractivity contribution in [1.29, 1.82) is 0 Å². The van der Waals surface area contributed by atoms with E-state index >= 15 is 0 Å². The number of nitrogens with zero attached hydrogens (tertiary/aromatic N) is 1. The first-order valence-corrected chi connectivity index (χ1v) is 5.68. The maximum absolute atomic E-state index is 9.19. The third-order valence-corrected chi connectivity index (χ3v) is 3.03. The van der Waals surface area contributed by atoms with Crippen molar-refractivity contribution in [1.82, 2.24) is 4.90 Å². The molecule has 14 heavy (non-hydrogen) atoms. The molecule has 3 heteroatoms. The predicted molar refractivity (Wildman–Crippen MR) is 59.1 cm³/mol. The van der Waals surface area contributed by atoms with E-state index in [9.17, 15) is 5.11 Å². The smallest absolute Gasteiger partial charge is 0.0623 e. The third kappa shape index (κ3) is 3.56. The van der Waals surface area contributed by atoms with Gasteiger partial charge in [-0.05, 0) is 38.3 Å². The largest absolute Gasteiger partial charge is 0.394 e. The fraction of sp³-hybridized carbons (Fsp3) is 1.00. The Labute approximate surface area is 87.3 Å². The van der Waals surface area contributed by atoms with Gasteiger partial charge in [-0.25, -0.2) is 0 Å². The van der Waals surface area contributed by atoms with Crippen LogP contribution < -0.4 is 5.73 Å². The van der Waals surface area contributed by atoms with Crippen LogP contribution in [0.3, 0.4) is 0 Å². The van der Waals surface area contributed by atoms with E-state index in [1.807, 2.05) is 0 Å². The summed E-state index contributed by atoms with van der Waals surface area (Å²) in [5.74, 6) is 0.748. The van der Waals surface area contributed by atoms with E-state index in [1.165, 1.54) is 6.42 Å². The molecular formula is C11H24N2O. The van der Waals surface area contributed by atoms with E-state index in [0.717, 1.165) is 38.4 Å². The molecule has 0 aliphatic carbocycles. The van der Waals surface area contributed by atoms with Gasteiger partial charge in [-0.2, -0.15) is 0 Å². The Kier molecular flexibility index (Phi) is 4.35. The molecule has 84 valence electrons. The van der Waals surface area contributed by atoms with Gasteiger partial charge in [0.1, 0.15) is 0 Å². The molecule has 0 radical (unpaired) electrons. The molecule has 1 rings (SSSR count). The minimum absolute atomic E-state index is 0.116. The van der Waals surface area contributed by atoms with Crippen LogP contribution in [0.5, 0.6) is 0 Å². The average molecular weight is 200 g/mol. The SMILES string of the molecule is CC(C)CCN1CCCC(N)(CO)C1. The van der Waals surface area contributed by atoms with Crippen LogP contribution in [0, 0.1) is 5.92 Å². The van der Waals surface area contributed by atoms with E-state index in [-0.39, 0.29) is 12.1 Å². The van der Waals surface area contributed by atoms with Crippen LogP contribution in [-0.2, 0) is 0 Å². The van der Waals surface area contributed by atoms with Crippen molar-refractivity contribution in [2.75, 3.05) is 26.2 Å².